The molecule has 0 aromatic carbocycles. The van der Waals surface area contributed by atoms with E-state index < -0.39 is 15.6 Å². The SMILES string of the molecule is CCCC1CCN(S(=O)(=O)c2c[nH]c(=O)c(Cl)c2)C1. The normalized spacial score (nSPS) is 20.8. The van der Waals surface area contributed by atoms with Crippen molar-refractivity contribution in [2.45, 2.75) is 31.1 Å². The molecule has 0 radical (unpaired) electrons. The van der Waals surface area contributed by atoms with E-state index in [1.54, 1.807) is 0 Å². The fraction of sp³-hybridized carbons (Fsp3) is 0.583. The van der Waals surface area contributed by atoms with E-state index in [-0.39, 0.29) is 9.92 Å². The largest absolute Gasteiger partial charge is 0.326 e. The van der Waals surface area contributed by atoms with Crippen LogP contribution in [0.2, 0.25) is 5.02 Å². The number of sulfonamides is 1. The van der Waals surface area contributed by atoms with Gasteiger partial charge in [0.15, 0.2) is 0 Å². The molecule has 1 aromatic rings. The van der Waals surface area contributed by atoms with Crippen LogP contribution in [0.25, 0.3) is 0 Å². The van der Waals surface area contributed by atoms with Crippen molar-refractivity contribution in [2.75, 3.05) is 13.1 Å². The van der Waals surface area contributed by atoms with Gasteiger partial charge in [0.1, 0.15) is 5.02 Å². The number of nitrogens with one attached hydrogen (secondary N) is 1. The lowest BCUT2D eigenvalue weighted by Crippen LogP contribution is -2.29. The number of hydrogen-bond donors (Lipinski definition) is 1. The summed E-state index contributed by atoms with van der Waals surface area (Å²) >= 11 is 5.68. The first-order valence-corrected chi connectivity index (χ1v) is 8.15. The van der Waals surface area contributed by atoms with Crippen molar-refractivity contribution in [3.8, 4) is 0 Å². The maximum Gasteiger partial charge on any atom is 0.266 e. The van der Waals surface area contributed by atoms with E-state index in [9.17, 15) is 13.2 Å². The Bertz CT molecular complexity index is 612. The first-order valence-electron chi connectivity index (χ1n) is 6.33. The van der Waals surface area contributed by atoms with Crippen LogP contribution in [0.15, 0.2) is 22.0 Å². The summed E-state index contributed by atoms with van der Waals surface area (Å²) in [6.07, 6.45) is 4.20. The summed E-state index contributed by atoms with van der Waals surface area (Å²) in [5, 5.41) is -0.106. The highest BCUT2D eigenvalue weighted by Gasteiger charge is 2.32. The Morgan fingerprint density at radius 1 is 1.53 bits per heavy atom. The quantitative estimate of drug-likeness (QED) is 0.922. The van der Waals surface area contributed by atoms with Crippen LogP contribution in [-0.2, 0) is 10.0 Å². The monoisotopic (exact) mass is 304 g/mol. The molecule has 2 heterocycles. The molecule has 0 saturated carbocycles. The molecule has 0 spiro atoms. The van der Waals surface area contributed by atoms with Crippen molar-refractivity contribution in [3.05, 3.63) is 27.6 Å². The second-order valence-electron chi connectivity index (χ2n) is 4.82. The molecule has 1 atom stereocenters. The molecule has 0 bridgehead atoms. The fourth-order valence-corrected chi connectivity index (χ4v) is 4.16. The number of aromatic amines is 1. The Balaban J connectivity index is 2.23. The van der Waals surface area contributed by atoms with Gasteiger partial charge in [-0.05, 0) is 24.8 Å². The number of nitrogens with zero attached hydrogens (tertiary/aromatic N) is 1. The average Bonchev–Trinajstić information content (AvgIpc) is 2.82. The third kappa shape index (κ3) is 3.01. The Morgan fingerprint density at radius 3 is 2.89 bits per heavy atom. The molecule has 5 nitrogen and oxygen atoms in total. The van der Waals surface area contributed by atoms with Crippen LogP contribution in [0.4, 0.5) is 0 Å². The van der Waals surface area contributed by atoms with E-state index >= 15 is 0 Å². The number of hydrogen-bond acceptors (Lipinski definition) is 3. The van der Waals surface area contributed by atoms with Gasteiger partial charge in [0.25, 0.3) is 5.56 Å². The van der Waals surface area contributed by atoms with Crippen molar-refractivity contribution in [3.63, 3.8) is 0 Å². The van der Waals surface area contributed by atoms with E-state index in [0.717, 1.165) is 19.3 Å². The fourth-order valence-electron chi connectivity index (χ4n) is 2.40. The third-order valence-corrected chi connectivity index (χ3v) is 5.54. The molecule has 1 fully saturated rings. The lowest BCUT2D eigenvalue weighted by atomic mass is 10.0. The molecule has 7 heteroatoms. The smallest absolute Gasteiger partial charge is 0.266 e. The van der Waals surface area contributed by atoms with Crippen LogP contribution >= 0.6 is 11.6 Å². The van der Waals surface area contributed by atoms with Gasteiger partial charge in [0.05, 0.1) is 4.90 Å². The van der Waals surface area contributed by atoms with Gasteiger partial charge >= 0.3 is 0 Å². The van der Waals surface area contributed by atoms with Crippen molar-refractivity contribution < 1.29 is 8.42 Å². The molecule has 19 heavy (non-hydrogen) atoms. The minimum absolute atomic E-state index is 0.0502. The summed E-state index contributed by atoms with van der Waals surface area (Å²) in [5.74, 6) is 0.429. The molecule has 1 saturated heterocycles. The van der Waals surface area contributed by atoms with Crippen molar-refractivity contribution >= 4 is 21.6 Å². The summed E-state index contributed by atoms with van der Waals surface area (Å²) < 4.78 is 26.3. The van der Waals surface area contributed by atoms with Crippen molar-refractivity contribution in [1.82, 2.24) is 9.29 Å². The first kappa shape index (κ1) is 14.6. The summed E-state index contributed by atoms with van der Waals surface area (Å²) in [6.45, 7) is 3.18. The standard InChI is InChI=1S/C12H17ClN2O3S/c1-2-3-9-4-5-15(8-9)19(17,18)10-6-11(13)12(16)14-7-10/h6-7,9H,2-5,8H2,1H3,(H,14,16). The number of aromatic nitrogens is 1. The molecule has 2 rings (SSSR count). The van der Waals surface area contributed by atoms with E-state index in [0.29, 0.717) is 19.0 Å². The lowest BCUT2D eigenvalue weighted by molar-refractivity contribution is 0.444. The van der Waals surface area contributed by atoms with Gasteiger partial charge in [-0.3, -0.25) is 4.79 Å². The molecule has 1 unspecified atom stereocenters. The number of halogens is 1. The maximum absolute atomic E-state index is 12.4. The zero-order valence-corrected chi connectivity index (χ0v) is 12.3. The van der Waals surface area contributed by atoms with E-state index in [1.807, 2.05) is 0 Å². The summed E-state index contributed by atoms with van der Waals surface area (Å²) in [7, 11) is -3.55. The summed E-state index contributed by atoms with van der Waals surface area (Å²) in [6, 6.07) is 1.21. The predicted octanol–water partition coefficient (Wildman–Crippen LogP) is 1.84. The van der Waals surface area contributed by atoms with Crippen LogP contribution in [0.3, 0.4) is 0 Å². The molecule has 1 aliphatic heterocycles. The molecular weight excluding hydrogens is 288 g/mol. The Labute approximate surface area is 117 Å². The maximum atomic E-state index is 12.4. The van der Waals surface area contributed by atoms with Crippen LogP contribution < -0.4 is 5.56 Å². The zero-order valence-electron chi connectivity index (χ0n) is 10.7. The highest BCUT2D eigenvalue weighted by Crippen LogP contribution is 2.26. The lowest BCUT2D eigenvalue weighted by Gasteiger charge is -2.16. The Morgan fingerprint density at radius 2 is 2.26 bits per heavy atom. The molecule has 1 aliphatic rings. The minimum atomic E-state index is -3.55. The van der Waals surface area contributed by atoms with Gasteiger partial charge in [-0.15, -0.1) is 0 Å². The average molecular weight is 305 g/mol. The summed E-state index contributed by atoms with van der Waals surface area (Å²) in [4.78, 5) is 13.6. The van der Waals surface area contributed by atoms with Crippen LogP contribution in [0.1, 0.15) is 26.2 Å². The van der Waals surface area contributed by atoms with Crippen LogP contribution in [-0.4, -0.2) is 30.8 Å². The molecule has 106 valence electrons. The van der Waals surface area contributed by atoms with Crippen LogP contribution in [0, 0.1) is 5.92 Å². The third-order valence-electron chi connectivity index (χ3n) is 3.41. The van der Waals surface area contributed by atoms with Gasteiger partial charge in [0.2, 0.25) is 10.0 Å². The molecule has 0 amide bonds. The topological polar surface area (TPSA) is 70.2 Å². The predicted molar refractivity (Wildman–Crippen MR) is 73.8 cm³/mol. The zero-order chi connectivity index (χ0) is 14.0. The van der Waals surface area contributed by atoms with Crippen molar-refractivity contribution in [2.24, 2.45) is 5.92 Å². The Kier molecular flexibility index (Phi) is 4.32. The van der Waals surface area contributed by atoms with E-state index in [1.165, 1.54) is 16.6 Å². The highest BCUT2D eigenvalue weighted by molar-refractivity contribution is 7.89. The second-order valence-corrected chi connectivity index (χ2v) is 7.16. The highest BCUT2D eigenvalue weighted by atomic mass is 35.5. The van der Waals surface area contributed by atoms with E-state index in [2.05, 4.69) is 11.9 Å². The molecule has 1 aromatic heterocycles. The van der Waals surface area contributed by atoms with Gasteiger partial charge < -0.3 is 4.98 Å². The second kappa shape index (κ2) is 5.64. The van der Waals surface area contributed by atoms with Gasteiger partial charge in [-0.1, -0.05) is 24.9 Å². The Hall–Kier alpha value is -0.850. The summed E-state index contributed by atoms with van der Waals surface area (Å²) in [5.41, 5.74) is -0.481. The molecule has 1 N–H and O–H groups in total. The molecule has 0 aliphatic carbocycles. The minimum Gasteiger partial charge on any atom is -0.326 e. The van der Waals surface area contributed by atoms with Gasteiger partial charge in [-0.2, -0.15) is 4.31 Å². The number of pyridine rings is 1. The van der Waals surface area contributed by atoms with Crippen molar-refractivity contribution in [1.29, 1.82) is 0 Å². The van der Waals surface area contributed by atoms with Crippen LogP contribution in [0.5, 0.6) is 0 Å². The van der Waals surface area contributed by atoms with E-state index in [4.69, 9.17) is 11.6 Å². The first-order chi connectivity index (χ1) is 8.95. The number of H-pyrrole nitrogens is 1. The number of rotatable bonds is 4. The van der Waals surface area contributed by atoms with Gasteiger partial charge in [-0.25, -0.2) is 8.42 Å². The molecular formula is C12H17ClN2O3S. The van der Waals surface area contributed by atoms with Gasteiger partial charge in [0, 0.05) is 19.3 Å².